The Kier molecular flexibility index (Phi) is 4.27. The van der Waals surface area contributed by atoms with Crippen LogP contribution in [0.4, 0.5) is 0 Å². The van der Waals surface area contributed by atoms with E-state index in [1.54, 1.807) is 0 Å². The summed E-state index contributed by atoms with van der Waals surface area (Å²) in [5.74, 6) is 0. The molecule has 0 heterocycles. The molecule has 0 aromatic carbocycles. The van der Waals surface area contributed by atoms with Crippen molar-refractivity contribution in [1.82, 2.24) is 4.90 Å². The molecule has 0 aromatic rings. The third kappa shape index (κ3) is 3.03. The van der Waals surface area contributed by atoms with Gasteiger partial charge >= 0.3 is 0 Å². The van der Waals surface area contributed by atoms with E-state index < -0.39 is 0 Å². The number of nitrogens with zero attached hydrogens (tertiary/aromatic N) is 1. The summed E-state index contributed by atoms with van der Waals surface area (Å²) in [6, 6.07) is 0.515. The van der Waals surface area contributed by atoms with Crippen LogP contribution in [0.5, 0.6) is 0 Å². The molecule has 0 spiro atoms. The Labute approximate surface area is 80.7 Å². The zero-order valence-corrected chi connectivity index (χ0v) is 8.02. The largest absolute Gasteiger partial charge is 0.289 e. The lowest BCUT2D eigenvalue weighted by atomic mass is 10.1. The smallest absolute Gasteiger partial charge is 0.0322 e. The Morgan fingerprint density at radius 3 is 2.38 bits per heavy atom. The van der Waals surface area contributed by atoms with Gasteiger partial charge < -0.3 is 0 Å². The summed E-state index contributed by atoms with van der Waals surface area (Å²) in [5, 5.41) is 0. The van der Waals surface area contributed by atoms with Gasteiger partial charge in [0.2, 0.25) is 0 Å². The summed E-state index contributed by atoms with van der Waals surface area (Å²) in [4.78, 5) is 2.35. The topological polar surface area (TPSA) is 3.24 Å². The van der Waals surface area contributed by atoms with Crippen molar-refractivity contribution in [2.24, 2.45) is 0 Å². The van der Waals surface area contributed by atoms with Crippen molar-refractivity contribution in [2.45, 2.75) is 12.5 Å². The molecule has 0 saturated carbocycles. The van der Waals surface area contributed by atoms with Crippen molar-refractivity contribution in [3.05, 3.63) is 49.6 Å². The van der Waals surface area contributed by atoms with Crippen molar-refractivity contribution in [2.75, 3.05) is 13.1 Å². The highest BCUT2D eigenvalue weighted by molar-refractivity contribution is 5.14. The first-order valence-corrected chi connectivity index (χ1v) is 4.67. The van der Waals surface area contributed by atoms with Gasteiger partial charge in [-0.2, -0.15) is 0 Å². The van der Waals surface area contributed by atoms with Gasteiger partial charge in [0.1, 0.15) is 0 Å². The maximum atomic E-state index is 3.76. The number of hydrogen-bond acceptors (Lipinski definition) is 1. The predicted octanol–water partition coefficient (Wildman–Crippen LogP) is 2.55. The molecule has 1 unspecified atom stereocenters. The van der Waals surface area contributed by atoms with E-state index in [-0.39, 0.29) is 0 Å². The summed E-state index contributed by atoms with van der Waals surface area (Å²) in [6.07, 6.45) is 13.6. The van der Waals surface area contributed by atoms with E-state index in [0.29, 0.717) is 6.04 Å². The molecule has 1 heteroatoms. The first kappa shape index (κ1) is 10.0. The molecule has 0 bridgehead atoms. The molecule has 1 rings (SSSR count). The Hall–Kier alpha value is -1.08. The van der Waals surface area contributed by atoms with Crippen LogP contribution in [0.2, 0.25) is 0 Å². The standard InChI is InChI=1S/C12H17N/c1-3-10-13(11-4-2)12-8-6-5-7-9-12/h3-8,12H,1-2,9-11H2. The SMILES string of the molecule is C=CCN(CC=C)C1C=CC=CC1. The molecular weight excluding hydrogens is 158 g/mol. The molecule has 0 aromatic heterocycles. The van der Waals surface area contributed by atoms with E-state index >= 15 is 0 Å². The fraction of sp³-hybridized carbons (Fsp3) is 0.333. The lowest BCUT2D eigenvalue weighted by Crippen LogP contribution is -2.34. The van der Waals surface area contributed by atoms with Crippen LogP contribution in [0.15, 0.2) is 49.6 Å². The Morgan fingerprint density at radius 2 is 1.92 bits per heavy atom. The lowest BCUT2D eigenvalue weighted by molar-refractivity contribution is 0.281. The molecule has 1 nitrogen and oxygen atoms in total. The Balaban J connectivity index is 2.52. The van der Waals surface area contributed by atoms with E-state index in [4.69, 9.17) is 0 Å². The fourth-order valence-electron chi connectivity index (χ4n) is 1.52. The third-order valence-corrected chi connectivity index (χ3v) is 2.15. The maximum Gasteiger partial charge on any atom is 0.0322 e. The summed E-state index contributed by atoms with van der Waals surface area (Å²) in [7, 11) is 0. The van der Waals surface area contributed by atoms with Crippen molar-refractivity contribution in [3.8, 4) is 0 Å². The summed E-state index contributed by atoms with van der Waals surface area (Å²) < 4.78 is 0. The van der Waals surface area contributed by atoms with Gasteiger partial charge in [-0.1, -0.05) is 36.5 Å². The second kappa shape index (κ2) is 5.55. The zero-order chi connectivity index (χ0) is 9.52. The van der Waals surface area contributed by atoms with Gasteiger partial charge in [-0.25, -0.2) is 0 Å². The summed E-state index contributed by atoms with van der Waals surface area (Å²) in [6.45, 7) is 9.37. The summed E-state index contributed by atoms with van der Waals surface area (Å²) in [5.41, 5.74) is 0. The third-order valence-electron chi connectivity index (χ3n) is 2.15. The van der Waals surface area contributed by atoms with Crippen LogP contribution in [0.3, 0.4) is 0 Å². The first-order valence-electron chi connectivity index (χ1n) is 4.67. The molecule has 0 saturated heterocycles. The van der Waals surface area contributed by atoms with Gasteiger partial charge in [0, 0.05) is 19.1 Å². The van der Waals surface area contributed by atoms with Gasteiger partial charge in [-0.3, -0.25) is 4.90 Å². The minimum Gasteiger partial charge on any atom is -0.289 e. The van der Waals surface area contributed by atoms with E-state index in [1.165, 1.54) is 0 Å². The highest BCUT2D eigenvalue weighted by Crippen LogP contribution is 2.11. The number of rotatable bonds is 5. The highest BCUT2D eigenvalue weighted by Gasteiger charge is 2.12. The van der Waals surface area contributed by atoms with Crippen LogP contribution in [0, 0.1) is 0 Å². The van der Waals surface area contributed by atoms with Crippen molar-refractivity contribution in [1.29, 1.82) is 0 Å². The van der Waals surface area contributed by atoms with Crippen molar-refractivity contribution < 1.29 is 0 Å². The van der Waals surface area contributed by atoms with Gasteiger partial charge in [0.25, 0.3) is 0 Å². The molecular formula is C12H17N. The fourth-order valence-corrected chi connectivity index (χ4v) is 1.52. The van der Waals surface area contributed by atoms with Crippen LogP contribution in [-0.4, -0.2) is 24.0 Å². The molecule has 0 amide bonds. The Morgan fingerprint density at radius 1 is 1.23 bits per heavy atom. The van der Waals surface area contributed by atoms with Crippen molar-refractivity contribution in [3.63, 3.8) is 0 Å². The van der Waals surface area contributed by atoms with Gasteiger partial charge in [0.05, 0.1) is 0 Å². The molecule has 0 aliphatic heterocycles. The average molecular weight is 175 g/mol. The van der Waals surface area contributed by atoms with Crippen LogP contribution in [0.25, 0.3) is 0 Å². The molecule has 0 radical (unpaired) electrons. The second-order valence-electron chi connectivity index (χ2n) is 3.15. The van der Waals surface area contributed by atoms with E-state index in [0.717, 1.165) is 19.5 Å². The maximum absolute atomic E-state index is 3.76. The zero-order valence-electron chi connectivity index (χ0n) is 8.02. The monoisotopic (exact) mass is 175 g/mol. The first-order chi connectivity index (χ1) is 6.38. The van der Waals surface area contributed by atoms with Crippen LogP contribution in [0.1, 0.15) is 6.42 Å². The number of allylic oxidation sites excluding steroid dienone is 2. The molecule has 70 valence electrons. The van der Waals surface area contributed by atoms with E-state index in [2.05, 4.69) is 42.4 Å². The normalized spacial score (nSPS) is 20.5. The minimum atomic E-state index is 0.515. The van der Waals surface area contributed by atoms with E-state index in [9.17, 15) is 0 Å². The molecule has 1 atom stereocenters. The molecule has 0 fully saturated rings. The quantitative estimate of drug-likeness (QED) is 0.580. The predicted molar refractivity (Wildman–Crippen MR) is 58.7 cm³/mol. The van der Waals surface area contributed by atoms with Gasteiger partial charge in [-0.05, 0) is 6.42 Å². The van der Waals surface area contributed by atoms with Crippen LogP contribution < -0.4 is 0 Å². The molecule has 13 heavy (non-hydrogen) atoms. The van der Waals surface area contributed by atoms with Crippen molar-refractivity contribution >= 4 is 0 Å². The minimum absolute atomic E-state index is 0.515. The number of hydrogen-bond donors (Lipinski definition) is 0. The summed E-state index contributed by atoms with van der Waals surface area (Å²) >= 11 is 0. The van der Waals surface area contributed by atoms with Gasteiger partial charge in [0.15, 0.2) is 0 Å². The van der Waals surface area contributed by atoms with E-state index in [1.807, 2.05) is 12.2 Å². The molecule has 0 N–H and O–H groups in total. The second-order valence-corrected chi connectivity index (χ2v) is 3.15. The highest BCUT2D eigenvalue weighted by atomic mass is 15.1. The van der Waals surface area contributed by atoms with Crippen LogP contribution in [-0.2, 0) is 0 Å². The van der Waals surface area contributed by atoms with Crippen LogP contribution >= 0.6 is 0 Å². The Bertz CT molecular complexity index is 215. The van der Waals surface area contributed by atoms with Gasteiger partial charge in [-0.15, -0.1) is 13.2 Å². The molecule has 1 aliphatic rings. The average Bonchev–Trinajstić information content (AvgIpc) is 2.19. The lowest BCUT2D eigenvalue weighted by Gasteiger charge is -2.27. The molecule has 1 aliphatic carbocycles.